The molecule has 5 nitrogen and oxygen atoms in total. The zero-order valence-electron chi connectivity index (χ0n) is 20.2. The van der Waals surface area contributed by atoms with E-state index in [-0.39, 0.29) is 11.8 Å². The van der Waals surface area contributed by atoms with Crippen molar-refractivity contribution in [2.45, 2.75) is 32.2 Å². The van der Waals surface area contributed by atoms with E-state index in [4.69, 9.17) is 0 Å². The highest BCUT2D eigenvalue weighted by molar-refractivity contribution is 5.98. The number of hydrazine groups is 1. The van der Waals surface area contributed by atoms with Crippen LogP contribution in [-0.2, 0) is 13.0 Å². The number of rotatable bonds is 4. The number of carbonyl (C=O) groups is 2. The smallest absolute Gasteiger partial charge is 0.265 e. The number of benzene rings is 3. The molecule has 0 aromatic heterocycles. The third-order valence-electron chi connectivity index (χ3n) is 6.56. The van der Waals surface area contributed by atoms with Crippen molar-refractivity contribution in [3.05, 3.63) is 112 Å². The quantitative estimate of drug-likeness (QED) is 0.538. The van der Waals surface area contributed by atoms with Gasteiger partial charge in [-0.15, -0.1) is 0 Å². The first-order valence-electron chi connectivity index (χ1n) is 12.5. The van der Waals surface area contributed by atoms with Crippen molar-refractivity contribution in [1.29, 1.82) is 0 Å². The molecule has 3 aromatic carbocycles. The van der Waals surface area contributed by atoms with Crippen LogP contribution in [0.15, 0.2) is 79.0 Å². The van der Waals surface area contributed by atoms with Crippen molar-refractivity contribution >= 4 is 17.9 Å². The predicted octanol–water partition coefficient (Wildman–Crippen LogP) is 5.04. The van der Waals surface area contributed by atoms with Crippen molar-refractivity contribution in [1.82, 2.24) is 15.3 Å². The molecular formula is C31H29N3O2. The van der Waals surface area contributed by atoms with Gasteiger partial charge in [0.2, 0.25) is 0 Å². The average Bonchev–Trinajstić information content (AvgIpc) is 2.93. The Morgan fingerprint density at radius 3 is 2.39 bits per heavy atom. The lowest BCUT2D eigenvalue weighted by Gasteiger charge is -2.26. The number of carbonyl (C=O) groups excluding carboxylic acids is 2. The third-order valence-corrected chi connectivity index (χ3v) is 6.56. The predicted molar refractivity (Wildman–Crippen MR) is 142 cm³/mol. The number of piperidine rings is 1. The molecular weight excluding hydrogens is 446 g/mol. The highest BCUT2D eigenvalue weighted by Gasteiger charge is 2.20. The van der Waals surface area contributed by atoms with Gasteiger partial charge in [0, 0.05) is 42.4 Å². The van der Waals surface area contributed by atoms with Gasteiger partial charge >= 0.3 is 0 Å². The van der Waals surface area contributed by atoms with Crippen LogP contribution in [-0.4, -0.2) is 34.8 Å². The topological polar surface area (TPSA) is 52.7 Å². The number of hydrogen-bond donors (Lipinski definition) is 1. The van der Waals surface area contributed by atoms with Gasteiger partial charge in [-0.2, -0.15) is 0 Å². The monoisotopic (exact) mass is 475 g/mol. The van der Waals surface area contributed by atoms with E-state index in [1.807, 2.05) is 41.6 Å². The first-order valence-corrected chi connectivity index (χ1v) is 12.5. The summed E-state index contributed by atoms with van der Waals surface area (Å²) in [5.74, 6) is 6.25. The number of nitrogens with one attached hydrogen (secondary N) is 1. The molecule has 180 valence electrons. The van der Waals surface area contributed by atoms with Gasteiger partial charge in [-0.05, 0) is 72.0 Å². The maximum atomic E-state index is 13.2. The van der Waals surface area contributed by atoms with Crippen molar-refractivity contribution in [3.8, 4) is 11.8 Å². The molecule has 36 heavy (non-hydrogen) atoms. The summed E-state index contributed by atoms with van der Waals surface area (Å²) in [6.07, 6.45) is 7.89. The van der Waals surface area contributed by atoms with Crippen molar-refractivity contribution in [3.63, 3.8) is 0 Å². The van der Waals surface area contributed by atoms with E-state index >= 15 is 0 Å². The van der Waals surface area contributed by atoms with Gasteiger partial charge in [-0.25, -0.2) is 5.01 Å². The molecule has 0 radical (unpaired) electrons. The summed E-state index contributed by atoms with van der Waals surface area (Å²) in [6, 6.07) is 23.2. The standard InChI is InChI=1S/C31H29N3O2/c35-30(32-34-19-5-2-6-20-34)27-14-16-28(17-15-27)31(36)33-21-18-26-13-12-25(22-29(26)23-33)11-7-10-24-8-3-1-4-9-24/h1,3-4,8-9,12-18,21-22H,2,5-6,10,19-20,23H2,(H,32,35). The first kappa shape index (κ1) is 23.6. The Kier molecular flexibility index (Phi) is 7.25. The van der Waals surface area contributed by atoms with Crippen LogP contribution in [0.1, 0.15) is 62.2 Å². The number of hydrogen-bond acceptors (Lipinski definition) is 3. The second kappa shape index (κ2) is 11.1. The third kappa shape index (κ3) is 5.73. The normalized spacial score (nSPS) is 14.9. The fraction of sp³-hybridized carbons (Fsp3) is 0.226. The molecule has 2 amide bonds. The van der Waals surface area contributed by atoms with Crippen LogP contribution in [0.3, 0.4) is 0 Å². The molecule has 2 aliphatic heterocycles. The Hall–Kier alpha value is -4.14. The summed E-state index contributed by atoms with van der Waals surface area (Å²) in [7, 11) is 0. The average molecular weight is 476 g/mol. The molecule has 1 N–H and O–H groups in total. The zero-order chi connectivity index (χ0) is 24.7. The Balaban J connectivity index is 1.22. The first-order chi connectivity index (χ1) is 17.7. The summed E-state index contributed by atoms with van der Waals surface area (Å²) < 4.78 is 0. The number of amides is 2. The van der Waals surface area contributed by atoms with E-state index in [1.54, 1.807) is 29.2 Å². The summed E-state index contributed by atoms with van der Waals surface area (Å²) in [5, 5.41) is 1.97. The van der Waals surface area contributed by atoms with Crippen molar-refractivity contribution < 1.29 is 9.59 Å². The van der Waals surface area contributed by atoms with Crippen LogP contribution in [0.25, 0.3) is 6.08 Å². The molecule has 2 aliphatic rings. The van der Waals surface area contributed by atoms with E-state index < -0.39 is 0 Å². The molecule has 0 spiro atoms. The van der Waals surface area contributed by atoms with Crippen LogP contribution < -0.4 is 5.43 Å². The lowest BCUT2D eigenvalue weighted by molar-refractivity contribution is 0.0748. The van der Waals surface area contributed by atoms with Gasteiger partial charge in [-0.1, -0.05) is 54.7 Å². The summed E-state index contributed by atoms with van der Waals surface area (Å²) in [4.78, 5) is 27.4. The molecule has 0 unspecified atom stereocenters. The molecule has 5 rings (SSSR count). The van der Waals surface area contributed by atoms with Crippen LogP contribution in [0.4, 0.5) is 0 Å². The minimum absolute atomic E-state index is 0.0968. The fourth-order valence-electron chi connectivity index (χ4n) is 4.52. The maximum Gasteiger partial charge on any atom is 0.265 e. The van der Waals surface area contributed by atoms with E-state index in [1.165, 1.54) is 12.0 Å². The Morgan fingerprint density at radius 2 is 1.61 bits per heavy atom. The second-order valence-electron chi connectivity index (χ2n) is 9.19. The summed E-state index contributed by atoms with van der Waals surface area (Å²) in [5.41, 5.74) is 8.36. The second-order valence-corrected chi connectivity index (χ2v) is 9.19. The van der Waals surface area contributed by atoms with Gasteiger partial charge in [0.1, 0.15) is 0 Å². The lowest BCUT2D eigenvalue weighted by Crippen LogP contribution is -2.45. The summed E-state index contributed by atoms with van der Waals surface area (Å²) in [6.45, 7) is 2.24. The van der Waals surface area contributed by atoms with Crippen LogP contribution in [0.5, 0.6) is 0 Å². The highest BCUT2D eigenvalue weighted by atomic mass is 16.2. The SMILES string of the molecule is O=C(NN1CCCCC1)c1ccc(C(=O)N2C=Cc3ccc(C#CCc4ccccc4)cc3C2)cc1. The van der Waals surface area contributed by atoms with Gasteiger partial charge in [0.05, 0.1) is 6.54 Å². The Labute approximate surface area is 212 Å². The van der Waals surface area contributed by atoms with Crippen molar-refractivity contribution in [2.75, 3.05) is 13.1 Å². The largest absolute Gasteiger partial charge is 0.311 e. The lowest BCUT2D eigenvalue weighted by atomic mass is 10.0. The highest BCUT2D eigenvalue weighted by Crippen LogP contribution is 2.23. The molecule has 2 heterocycles. The van der Waals surface area contributed by atoms with Gasteiger partial charge < -0.3 is 4.90 Å². The zero-order valence-corrected chi connectivity index (χ0v) is 20.2. The molecule has 0 aliphatic carbocycles. The molecule has 0 atom stereocenters. The Bertz CT molecular complexity index is 1330. The summed E-state index contributed by atoms with van der Waals surface area (Å²) >= 11 is 0. The van der Waals surface area contributed by atoms with Gasteiger partial charge in [0.25, 0.3) is 11.8 Å². The minimum atomic E-state index is -0.136. The van der Waals surface area contributed by atoms with E-state index in [2.05, 4.69) is 41.5 Å². The molecule has 5 heteroatoms. The van der Waals surface area contributed by atoms with E-state index in [9.17, 15) is 9.59 Å². The molecule has 0 bridgehead atoms. The molecule has 1 fully saturated rings. The minimum Gasteiger partial charge on any atom is -0.311 e. The fourth-order valence-corrected chi connectivity index (χ4v) is 4.52. The van der Waals surface area contributed by atoms with Crippen LogP contribution >= 0.6 is 0 Å². The Morgan fingerprint density at radius 1 is 0.861 bits per heavy atom. The van der Waals surface area contributed by atoms with E-state index in [0.717, 1.165) is 42.6 Å². The molecule has 1 saturated heterocycles. The number of fused-ring (bicyclic) bond motifs is 1. The number of nitrogens with zero attached hydrogens (tertiary/aromatic N) is 2. The van der Waals surface area contributed by atoms with Gasteiger partial charge in [0.15, 0.2) is 0 Å². The van der Waals surface area contributed by atoms with Gasteiger partial charge in [-0.3, -0.25) is 15.0 Å². The van der Waals surface area contributed by atoms with Crippen LogP contribution in [0, 0.1) is 11.8 Å². The van der Waals surface area contributed by atoms with Crippen molar-refractivity contribution in [2.24, 2.45) is 0 Å². The van der Waals surface area contributed by atoms with Crippen LogP contribution in [0.2, 0.25) is 0 Å². The molecule has 3 aromatic rings. The molecule has 0 saturated carbocycles. The maximum absolute atomic E-state index is 13.2. The van der Waals surface area contributed by atoms with E-state index in [0.29, 0.717) is 24.1 Å².